The van der Waals surface area contributed by atoms with Crippen LogP contribution in [0.2, 0.25) is 0 Å². The zero-order valence-corrected chi connectivity index (χ0v) is 14.9. The second-order valence-corrected chi connectivity index (χ2v) is 6.45. The molecule has 0 unspecified atom stereocenters. The van der Waals surface area contributed by atoms with Crippen LogP contribution in [-0.4, -0.2) is 16.4 Å². The number of rotatable bonds is 8. The molecule has 1 N–H and O–H groups in total. The van der Waals surface area contributed by atoms with E-state index >= 15 is 0 Å². The number of aromatic nitrogens is 2. The number of aryl methyl sites for hydroxylation is 1. The van der Waals surface area contributed by atoms with Crippen LogP contribution < -0.4 is 10.1 Å². The highest BCUT2D eigenvalue weighted by Gasteiger charge is 2.23. The van der Waals surface area contributed by atoms with Crippen molar-refractivity contribution in [3.05, 3.63) is 47.3 Å². The molecule has 0 saturated carbocycles. The van der Waals surface area contributed by atoms with Gasteiger partial charge < -0.3 is 10.1 Å². The lowest BCUT2D eigenvalue weighted by atomic mass is 9.93. The van der Waals surface area contributed by atoms with Crippen molar-refractivity contribution in [2.24, 2.45) is 0 Å². The average Bonchev–Trinajstić information content (AvgIpc) is 3.08. The molecule has 1 aliphatic carbocycles. The first-order chi connectivity index (χ1) is 12.3. The Morgan fingerprint density at radius 2 is 2.36 bits per heavy atom. The van der Waals surface area contributed by atoms with Gasteiger partial charge in [0.05, 0.1) is 18.9 Å². The molecule has 0 fully saturated rings. The van der Waals surface area contributed by atoms with Gasteiger partial charge in [-0.1, -0.05) is 12.1 Å². The molecule has 1 aliphatic rings. The summed E-state index contributed by atoms with van der Waals surface area (Å²) in [6.07, 6.45) is 6.84. The second-order valence-electron chi connectivity index (χ2n) is 6.45. The SMILES string of the molecule is CCn1ncc2c1CCC[C@@H]2NCc1cccc(OCCCC#N)c1. The topological polar surface area (TPSA) is 62.9 Å². The van der Waals surface area contributed by atoms with Crippen molar-refractivity contribution >= 4 is 0 Å². The lowest BCUT2D eigenvalue weighted by Crippen LogP contribution is -2.25. The molecule has 0 bridgehead atoms. The predicted octanol–water partition coefficient (Wildman–Crippen LogP) is 3.75. The minimum absolute atomic E-state index is 0.379. The predicted molar refractivity (Wildman–Crippen MR) is 97.2 cm³/mol. The van der Waals surface area contributed by atoms with Gasteiger partial charge in [0.2, 0.25) is 0 Å². The summed E-state index contributed by atoms with van der Waals surface area (Å²) in [5.74, 6) is 0.875. The van der Waals surface area contributed by atoms with Gasteiger partial charge in [-0.25, -0.2) is 0 Å². The molecule has 25 heavy (non-hydrogen) atoms. The van der Waals surface area contributed by atoms with Crippen LogP contribution in [0.1, 0.15) is 55.5 Å². The molecule has 1 atom stereocenters. The van der Waals surface area contributed by atoms with Crippen LogP contribution in [-0.2, 0) is 19.5 Å². The maximum Gasteiger partial charge on any atom is 0.119 e. The lowest BCUT2D eigenvalue weighted by Gasteiger charge is -2.24. The highest BCUT2D eigenvalue weighted by atomic mass is 16.5. The fourth-order valence-corrected chi connectivity index (χ4v) is 3.43. The van der Waals surface area contributed by atoms with E-state index in [0.717, 1.165) is 38.1 Å². The highest BCUT2D eigenvalue weighted by molar-refractivity contribution is 5.29. The molecule has 1 aromatic carbocycles. The van der Waals surface area contributed by atoms with E-state index < -0.39 is 0 Å². The van der Waals surface area contributed by atoms with Gasteiger partial charge in [-0.3, -0.25) is 4.68 Å². The summed E-state index contributed by atoms with van der Waals surface area (Å²) >= 11 is 0. The maximum absolute atomic E-state index is 8.57. The van der Waals surface area contributed by atoms with E-state index in [1.807, 2.05) is 18.3 Å². The first-order valence-electron chi connectivity index (χ1n) is 9.18. The third kappa shape index (κ3) is 4.40. The van der Waals surface area contributed by atoms with Gasteiger partial charge in [0.1, 0.15) is 5.75 Å². The molecule has 0 aliphatic heterocycles. The van der Waals surface area contributed by atoms with Crippen LogP contribution in [0, 0.1) is 11.3 Å². The number of hydrogen-bond acceptors (Lipinski definition) is 4. The third-order valence-corrected chi connectivity index (χ3v) is 4.72. The summed E-state index contributed by atoms with van der Waals surface area (Å²) in [6.45, 7) is 4.49. The van der Waals surface area contributed by atoms with Crippen LogP contribution in [0.3, 0.4) is 0 Å². The minimum Gasteiger partial charge on any atom is -0.494 e. The summed E-state index contributed by atoms with van der Waals surface area (Å²) < 4.78 is 7.85. The Bertz CT molecular complexity index is 732. The maximum atomic E-state index is 8.57. The van der Waals surface area contributed by atoms with E-state index in [1.165, 1.54) is 23.2 Å². The number of fused-ring (bicyclic) bond motifs is 1. The van der Waals surface area contributed by atoms with Gasteiger partial charge in [-0.05, 0) is 50.3 Å². The zero-order valence-electron chi connectivity index (χ0n) is 14.9. The fraction of sp³-hybridized carbons (Fsp3) is 0.500. The second kappa shape index (κ2) is 8.68. The molecule has 3 rings (SSSR count). The lowest BCUT2D eigenvalue weighted by molar-refractivity contribution is 0.312. The largest absolute Gasteiger partial charge is 0.494 e. The van der Waals surface area contributed by atoms with Gasteiger partial charge in [-0.15, -0.1) is 0 Å². The standard InChI is InChI=1S/C20H26N4O/c1-2-24-20-10-6-9-19(18(20)15-23-24)22-14-16-7-5-8-17(13-16)25-12-4-3-11-21/h5,7-8,13,15,19,22H,2-4,6,9-10,12,14H2,1H3/t19-/m0/s1. The van der Waals surface area contributed by atoms with Crippen molar-refractivity contribution in [3.8, 4) is 11.8 Å². The zero-order chi connectivity index (χ0) is 17.5. The van der Waals surface area contributed by atoms with E-state index in [4.69, 9.17) is 10.00 Å². The Balaban J connectivity index is 1.57. The summed E-state index contributed by atoms with van der Waals surface area (Å²) in [6, 6.07) is 10.7. The number of nitrogens with zero attached hydrogens (tertiary/aromatic N) is 3. The molecular weight excluding hydrogens is 312 g/mol. The highest BCUT2D eigenvalue weighted by Crippen LogP contribution is 2.30. The van der Waals surface area contributed by atoms with Crippen LogP contribution in [0.15, 0.2) is 30.5 Å². The number of nitriles is 1. The van der Waals surface area contributed by atoms with Crippen molar-refractivity contribution in [2.45, 2.75) is 58.2 Å². The van der Waals surface area contributed by atoms with Crippen molar-refractivity contribution in [1.29, 1.82) is 5.26 Å². The Labute approximate surface area is 149 Å². The van der Waals surface area contributed by atoms with Crippen molar-refractivity contribution in [3.63, 3.8) is 0 Å². The van der Waals surface area contributed by atoms with E-state index in [1.54, 1.807) is 0 Å². The first kappa shape index (κ1) is 17.5. The number of nitrogens with one attached hydrogen (secondary N) is 1. The van der Waals surface area contributed by atoms with Gasteiger partial charge in [0.25, 0.3) is 0 Å². The number of hydrogen-bond donors (Lipinski definition) is 1. The Morgan fingerprint density at radius 3 is 3.20 bits per heavy atom. The molecule has 0 amide bonds. The number of ether oxygens (including phenoxy) is 1. The Morgan fingerprint density at radius 1 is 1.44 bits per heavy atom. The summed E-state index contributed by atoms with van der Waals surface area (Å²) in [4.78, 5) is 0. The first-order valence-corrected chi connectivity index (χ1v) is 9.18. The van der Waals surface area contributed by atoms with E-state index in [2.05, 4.69) is 40.2 Å². The number of benzene rings is 1. The molecule has 132 valence electrons. The van der Waals surface area contributed by atoms with Gasteiger partial charge >= 0.3 is 0 Å². The van der Waals surface area contributed by atoms with Crippen molar-refractivity contribution < 1.29 is 4.74 Å². The van der Waals surface area contributed by atoms with E-state index in [-0.39, 0.29) is 0 Å². The van der Waals surface area contributed by atoms with E-state index in [0.29, 0.717) is 19.1 Å². The molecule has 1 heterocycles. The molecule has 0 saturated heterocycles. The summed E-state index contributed by atoms with van der Waals surface area (Å²) in [7, 11) is 0. The normalized spacial score (nSPS) is 16.2. The monoisotopic (exact) mass is 338 g/mol. The average molecular weight is 338 g/mol. The molecule has 1 aromatic heterocycles. The van der Waals surface area contributed by atoms with Crippen molar-refractivity contribution in [1.82, 2.24) is 15.1 Å². The number of unbranched alkanes of at least 4 members (excludes halogenated alkanes) is 1. The van der Waals surface area contributed by atoms with Gasteiger partial charge in [-0.2, -0.15) is 10.4 Å². The Hall–Kier alpha value is -2.32. The van der Waals surface area contributed by atoms with Crippen molar-refractivity contribution in [2.75, 3.05) is 6.61 Å². The van der Waals surface area contributed by atoms with Crippen LogP contribution in [0.4, 0.5) is 0 Å². The summed E-state index contributed by atoms with van der Waals surface area (Å²) in [5, 5.41) is 16.8. The molecule has 5 heteroatoms. The van der Waals surface area contributed by atoms with E-state index in [9.17, 15) is 0 Å². The van der Waals surface area contributed by atoms with Gasteiger partial charge in [0, 0.05) is 36.8 Å². The van der Waals surface area contributed by atoms with Crippen LogP contribution >= 0.6 is 0 Å². The van der Waals surface area contributed by atoms with Crippen LogP contribution in [0.5, 0.6) is 5.75 Å². The Kier molecular flexibility index (Phi) is 6.08. The fourth-order valence-electron chi connectivity index (χ4n) is 3.43. The molecule has 5 nitrogen and oxygen atoms in total. The van der Waals surface area contributed by atoms with Gasteiger partial charge in [0.15, 0.2) is 0 Å². The smallest absolute Gasteiger partial charge is 0.119 e. The molecule has 2 aromatic rings. The summed E-state index contributed by atoms with van der Waals surface area (Å²) in [5.41, 5.74) is 3.96. The molecule has 0 spiro atoms. The quantitative estimate of drug-likeness (QED) is 0.745. The van der Waals surface area contributed by atoms with Crippen LogP contribution in [0.25, 0.3) is 0 Å². The minimum atomic E-state index is 0.379. The molecular formula is C20H26N4O. The third-order valence-electron chi connectivity index (χ3n) is 4.72. The molecule has 0 radical (unpaired) electrons.